The third kappa shape index (κ3) is 7.59. The Morgan fingerprint density at radius 2 is 1.17 bits per heavy atom. The number of urea groups is 2. The molecule has 196 valence electrons. The van der Waals surface area contributed by atoms with Gasteiger partial charge in [0, 0.05) is 25.2 Å². The molecule has 0 aliphatic heterocycles. The van der Waals surface area contributed by atoms with Crippen LogP contribution >= 0.6 is 0 Å². The molecule has 10 nitrogen and oxygen atoms in total. The van der Waals surface area contributed by atoms with Gasteiger partial charge in [-0.25, -0.2) is 9.59 Å². The van der Waals surface area contributed by atoms with E-state index in [2.05, 4.69) is 21.3 Å². The van der Waals surface area contributed by atoms with E-state index in [1.807, 2.05) is 0 Å². The fourth-order valence-electron chi connectivity index (χ4n) is 4.38. The maximum absolute atomic E-state index is 12.4. The smallest absolute Gasteiger partial charge is 0.319 e. The highest BCUT2D eigenvalue weighted by Gasteiger charge is 2.23. The lowest BCUT2D eigenvalue weighted by Crippen LogP contribution is -2.38. The van der Waals surface area contributed by atoms with Crippen LogP contribution in [0.1, 0.15) is 25.7 Å². The van der Waals surface area contributed by atoms with Crippen molar-refractivity contribution in [1.29, 1.82) is 0 Å². The van der Waals surface area contributed by atoms with Crippen LogP contribution in [0.4, 0.5) is 21.0 Å². The number of methoxy groups -OCH3 is 4. The number of anilines is 2. The van der Waals surface area contributed by atoms with Gasteiger partial charge in [0.25, 0.3) is 0 Å². The first-order chi connectivity index (χ1) is 17.4. The molecule has 4 amide bonds. The van der Waals surface area contributed by atoms with Crippen molar-refractivity contribution in [2.24, 2.45) is 11.8 Å². The predicted octanol–water partition coefficient (Wildman–Crippen LogP) is 4.47. The Kier molecular flexibility index (Phi) is 9.91. The molecule has 4 N–H and O–H groups in total. The van der Waals surface area contributed by atoms with Crippen LogP contribution in [-0.4, -0.2) is 53.6 Å². The molecule has 36 heavy (non-hydrogen) atoms. The van der Waals surface area contributed by atoms with E-state index in [1.54, 1.807) is 64.8 Å². The van der Waals surface area contributed by atoms with Gasteiger partial charge < -0.3 is 40.2 Å². The lowest BCUT2D eigenvalue weighted by atomic mass is 9.81. The Morgan fingerprint density at radius 1 is 0.722 bits per heavy atom. The fraction of sp³-hybridized carbons (Fsp3) is 0.462. The lowest BCUT2D eigenvalue weighted by Gasteiger charge is -2.29. The zero-order valence-electron chi connectivity index (χ0n) is 21.3. The Bertz CT molecular complexity index is 952. The first-order valence-electron chi connectivity index (χ1n) is 12.0. The summed E-state index contributed by atoms with van der Waals surface area (Å²) in [5, 5.41) is 11.6. The zero-order chi connectivity index (χ0) is 25.9. The highest BCUT2D eigenvalue weighted by Crippen LogP contribution is 2.31. The van der Waals surface area contributed by atoms with Crippen molar-refractivity contribution in [3.05, 3.63) is 36.4 Å². The SMILES string of the molecule is COc1ccc(NC(=O)NC[C@H]2CCC[C@H](CNC(=O)Nc3ccc(OC)cc3OC)C2)c(OC)c1. The molecule has 0 unspecified atom stereocenters. The molecule has 0 spiro atoms. The number of carbonyl (C=O) groups excluding carboxylic acids is 2. The van der Waals surface area contributed by atoms with E-state index in [0.29, 0.717) is 59.3 Å². The van der Waals surface area contributed by atoms with Crippen LogP contribution in [0.5, 0.6) is 23.0 Å². The summed E-state index contributed by atoms with van der Waals surface area (Å²) in [5.41, 5.74) is 1.14. The molecule has 1 saturated carbocycles. The minimum atomic E-state index is -0.286. The van der Waals surface area contributed by atoms with E-state index in [4.69, 9.17) is 18.9 Å². The molecule has 0 bridgehead atoms. The summed E-state index contributed by atoms with van der Waals surface area (Å²) in [6, 6.07) is 9.87. The van der Waals surface area contributed by atoms with Crippen molar-refractivity contribution in [1.82, 2.24) is 10.6 Å². The highest BCUT2D eigenvalue weighted by atomic mass is 16.5. The van der Waals surface area contributed by atoms with Gasteiger partial charge in [-0.15, -0.1) is 0 Å². The van der Waals surface area contributed by atoms with Crippen molar-refractivity contribution in [2.45, 2.75) is 25.7 Å². The number of amides is 4. The molecule has 1 aliphatic carbocycles. The van der Waals surface area contributed by atoms with E-state index >= 15 is 0 Å². The standard InChI is InChI=1S/C26H36N4O6/c1-33-19-8-10-21(23(13-19)35-3)29-25(31)27-15-17-6-5-7-18(12-17)16-28-26(32)30-22-11-9-20(34-2)14-24(22)36-4/h8-11,13-14,17-18H,5-7,12,15-16H2,1-4H3,(H2,27,29,31)(H2,28,30,32)/t17-,18-/m0/s1. The fourth-order valence-corrected chi connectivity index (χ4v) is 4.38. The van der Waals surface area contributed by atoms with Crippen LogP contribution in [0, 0.1) is 11.8 Å². The third-order valence-corrected chi connectivity index (χ3v) is 6.31. The molecule has 0 heterocycles. The molecule has 0 radical (unpaired) electrons. The van der Waals surface area contributed by atoms with Crippen molar-refractivity contribution in [3.8, 4) is 23.0 Å². The van der Waals surface area contributed by atoms with E-state index in [1.165, 1.54) is 0 Å². The first-order valence-corrected chi connectivity index (χ1v) is 12.0. The van der Waals surface area contributed by atoms with Crippen molar-refractivity contribution in [2.75, 3.05) is 52.2 Å². The summed E-state index contributed by atoms with van der Waals surface area (Å²) in [6.45, 7) is 1.13. The molecule has 2 aromatic carbocycles. The summed E-state index contributed by atoms with van der Waals surface area (Å²) < 4.78 is 21.0. The Labute approximate surface area is 212 Å². The summed E-state index contributed by atoms with van der Waals surface area (Å²) >= 11 is 0. The molecule has 2 atom stereocenters. The Hall–Kier alpha value is -3.82. The molecule has 0 aromatic heterocycles. The number of ether oxygens (including phenoxy) is 4. The minimum Gasteiger partial charge on any atom is -0.497 e. The number of benzene rings is 2. The van der Waals surface area contributed by atoms with Crippen LogP contribution in [0.2, 0.25) is 0 Å². The van der Waals surface area contributed by atoms with Gasteiger partial charge in [0.2, 0.25) is 0 Å². The summed E-state index contributed by atoms with van der Waals surface area (Å²) in [7, 11) is 6.24. The number of carbonyl (C=O) groups is 2. The van der Waals surface area contributed by atoms with Crippen LogP contribution in [0.3, 0.4) is 0 Å². The maximum atomic E-state index is 12.4. The van der Waals surface area contributed by atoms with Crippen LogP contribution in [-0.2, 0) is 0 Å². The predicted molar refractivity (Wildman–Crippen MR) is 139 cm³/mol. The van der Waals surface area contributed by atoms with Crippen LogP contribution in [0.15, 0.2) is 36.4 Å². The van der Waals surface area contributed by atoms with E-state index in [9.17, 15) is 9.59 Å². The number of rotatable bonds is 10. The molecule has 0 saturated heterocycles. The molecular weight excluding hydrogens is 464 g/mol. The topological polar surface area (TPSA) is 119 Å². The molecular formula is C26H36N4O6. The summed E-state index contributed by atoms with van der Waals surface area (Å²) in [4.78, 5) is 24.9. The summed E-state index contributed by atoms with van der Waals surface area (Å²) in [5.74, 6) is 3.04. The number of hydrogen-bond acceptors (Lipinski definition) is 6. The number of nitrogens with one attached hydrogen (secondary N) is 4. The van der Waals surface area contributed by atoms with E-state index in [0.717, 1.165) is 25.7 Å². The van der Waals surface area contributed by atoms with Gasteiger partial charge in [0.15, 0.2) is 0 Å². The molecule has 1 aliphatic rings. The van der Waals surface area contributed by atoms with Crippen molar-refractivity contribution in [3.63, 3.8) is 0 Å². The minimum absolute atomic E-state index is 0.286. The van der Waals surface area contributed by atoms with Gasteiger partial charge in [-0.2, -0.15) is 0 Å². The van der Waals surface area contributed by atoms with Crippen molar-refractivity contribution >= 4 is 23.4 Å². The second kappa shape index (κ2) is 13.3. The van der Waals surface area contributed by atoms with Gasteiger partial charge in [-0.1, -0.05) is 6.42 Å². The largest absolute Gasteiger partial charge is 0.497 e. The highest BCUT2D eigenvalue weighted by molar-refractivity contribution is 5.91. The average Bonchev–Trinajstić information content (AvgIpc) is 2.91. The van der Waals surface area contributed by atoms with Crippen LogP contribution < -0.4 is 40.2 Å². The van der Waals surface area contributed by atoms with Crippen molar-refractivity contribution < 1.29 is 28.5 Å². The van der Waals surface area contributed by atoms with Gasteiger partial charge in [-0.05, 0) is 55.4 Å². The monoisotopic (exact) mass is 500 g/mol. The van der Waals surface area contributed by atoms with E-state index < -0.39 is 0 Å². The maximum Gasteiger partial charge on any atom is 0.319 e. The first kappa shape index (κ1) is 26.8. The second-order valence-corrected chi connectivity index (χ2v) is 8.70. The van der Waals surface area contributed by atoms with Crippen LogP contribution in [0.25, 0.3) is 0 Å². The lowest BCUT2D eigenvalue weighted by molar-refractivity contribution is 0.230. The van der Waals surface area contributed by atoms with Gasteiger partial charge in [0.05, 0.1) is 39.8 Å². The van der Waals surface area contributed by atoms with Gasteiger partial charge >= 0.3 is 12.1 Å². The van der Waals surface area contributed by atoms with Gasteiger partial charge in [-0.3, -0.25) is 0 Å². The average molecular weight is 501 g/mol. The molecule has 10 heteroatoms. The molecule has 3 rings (SSSR count). The third-order valence-electron chi connectivity index (χ3n) is 6.31. The zero-order valence-corrected chi connectivity index (χ0v) is 21.3. The normalized spacial score (nSPS) is 16.9. The molecule has 1 fully saturated rings. The second-order valence-electron chi connectivity index (χ2n) is 8.70. The summed E-state index contributed by atoms with van der Waals surface area (Å²) in [6.07, 6.45) is 4.06. The number of hydrogen-bond donors (Lipinski definition) is 4. The van der Waals surface area contributed by atoms with Gasteiger partial charge in [0.1, 0.15) is 23.0 Å². The Balaban J connectivity index is 1.43. The molecule has 2 aromatic rings. The quantitative estimate of drug-likeness (QED) is 0.382. The van der Waals surface area contributed by atoms with E-state index in [-0.39, 0.29) is 12.1 Å². The Morgan fingerprint density at radius 3 is 1.56 bits per heavy atom.